The fourth-order valence-electron chi connectivity index (χ4n) is 2.65. The van der Waals surface area contributed by atoms with Crippen molar-refractivity contribution in [1.29, 1.82) is 0 Å². The van der Waals surface area contributed by atoms with Crippen molar-refractivity contribution in [2.24, 2.45) is 11.8 Å². The Morgan fingerprint density at radius 2 is 2.06 bits per heavy atom. The smallest absolute Gasteiger partial charge is 0.226 e. The van der Waals surface area contributed by atoms with Crippen LogP contribution in [-0.4, -0.2) is 36.0 Å². The quantitative estimate of drug-likeness (QED) is 0.790. The van der Waals surface area contributed by atoms with Crippen LogP contribution in [0.3, 0.4) is 0 Å². The van der Waals surface area contributed by atoms with Crippen LogP contribution in [0.2, 0.25) is 0 Å². The summed E-state index contributed by atoms with van der Waals surface area (Å²) < 4.78 is 0. The second-order valence-corrected chi connectivity index (χ2v) is 5.39. The van der Waals surface area contributed by atoms with Gasteiger partial charge in [-0.1, -0.05) is 20.8 Å². The van der Waals surface area contributed by atoms with Gasteiger partial charge in [0.1, 0.15) is 0 Å². The van der Waals surface area contributed by atoms with E-state index >= 15 is 0 Å². The molecule has 2 fully saturated rings. The van der Waals surface area contributed by atoms with Crippen molar-refractivity contribution in [1.82, 2.24) is 10.2 Å². The minimum absolute atomic E-state index is 0.338. The third-order valence-corrected chi connectivity index (χ3v) is 4.17. The van der Waals surface area contributed by atoms with Crippen molar-refractivity contribution < 1.29 is 4.79 Å². The lowest BCUT2D eigenvalue weighted by atomic mass is 10.0. The highest BCUT2D eigenvalue weighted by molar-refractivity contribution is 5.82. The summed E-state index contributed by atoms with van der Waals surface area (Å²) in [5.41, 5.74) is 0. The van der Waals surface area contributed by atoms with E-state index < -0.39 is 0 Å². The van der Waals surface area contributed by atoms with Gasteiger partial charge in [0.15, 0.2) is 0 Å². The van der Waals surface area contributed by atoms with Crippen molar-refractivity contribution in [3.05, 3.63) is 0 Å². The maximum atomic E-state index is 12.3. The molecule has 2 rings (SSSR count). The summed E-state index contributed by atoms with van der Waals surface area (Å²) >= 11 is 0. The first-order valence-corrected chi connectivity index (χ1v) is 6.71. The fourth-order valence-corrected chi connectivity index (χ4v) is 2.65. The van der Waals surface area contributed by atoms with Gasteiger partial charge < -0.3 is 10.2 Å². The molecule has 1 N–H and O–H groups in total. The molecule has 3 nitrogen and oxygen atoms in total. The number of piperazine rings is 1. The molecule has 0 spiro atoms. The van der Waals surface area contributed by atoms with Gasteiger partial charge in [-0.05, 0) is 25.2 Å². The molecule has 4 unspecified atom stereocenters. The highest BCUT2D eigenvalue weighted by Gasteiger charge is 2.43. The molecule has 4 atom stereocenters. The van der Waals surface area contributed by atoms with Crippen LogP contribution < -0.4 is 5.32 Å². The summed E-state index contributed by atoms with van der Waals surface area (Å²) in [6, 6.07) is 0.920. The van der Waals surface area contributed by atoms with Gasteiger partial charge in [0.25, 0.3) is 0 Å². The molecular weight excluding hydrogens is 200 g/mol. The van der Waals surface area contributed by atoms with Crippen LogP contribution in [0.25, 0.3) is 0 Å². The van der Waals surface area contributed by atoms with E-state index in [0.717, 1.165) is 32.4 Å². The molecule has 1 heterocycles. The first-order valence-electron chi connectivity index (χ1n) is 6.71. The van der Waals surface area contributed by atoms with Crippen molar-refractivity contribution in [3.8, 4) is 0 Å². The number of carbonyl (C=O) groups is 1. The first kappa shape index (κ1) is 11.9. The average Bonchev–Trinajstić information content (AvgIpc) is 3.04. The molecule has 1 aliphatic carbocycles. The second-order valence-electron chi connectivity index (χ2n) is 5.39. The Hall–Kier alpha value is -0.570. The molecule has 0 radical (unpaired) electrons. The molecular formula is C13H24N2O. The van der Waals surface area contributed by atoms with E-state index in [4.69, 9.17) is 0 Å². The molecule has 92 valence electrons. The van der Waals surface area contributed by atoms with Crippen molar-refractivity contribution in [2.75, 3.05) is 13.1 Å². The SMILES string of the molecule is CCC1CN(C(=O)C2CC2C)C(CC)CN1. The van der Waals surface area contributed by atoms with E-state index in [2.05, 4.69) is 31.0 Å². The molecule has 1 saturated heterocycles. The van der Waals surface area contributed by atoms with E-state index in [0.29, 0.717) is 29.8 Å². The van der Waals surface area contributed by atoms with E-state index in [1.165, 1.54) is 0 Å². The Labute approximate surface area is 98.6 Å². The second kappa shape index (κ2) is 4.74. The summed E-state index contributed by atoms with van der Waals surface area (Å²) in [5, 5.41) is 3.53. The third-order valence-electron chi connectivity index (χ3n) is 4.17. The van der Waals surface area contributed by atoms with Crippen LogP contribution in [0.1, 0.15) is 40.0 Å². The van der Waals surface area contributed by atoms with Crippen molar-refractivity contribution >= 4 is 5.91 Å². The van der Waals surface area contributed by atoms with Gasteiger partial charge in [0.2, 0.25) is 5.91 Å². The predicted octanol–water partition coefficient (Wildman–Crippen LogP) is 1.63. The van der Waals surface area contributed by atoms with Gasteiger partial charge in [0.05, 0.1) is 0 Å². The maximum Gasteiger partial charge on any atom is 0.226 e. The van der Waals surface area contributed by atoms with Crippen LogP contribution >= 0.6 is 0 Å². The number of hydrogen-bond acceptors (Lipinski definition) is 2. The Balaban J connectivity index is 1.99. The molecule has 0 bridgehead atoms. The number of rotatable bonds is 3. The van der Waals surface area contributed by atoms with Gasteiger partial charge in [-0.25, -0.2) is 0 Å². The lowest BCUT2D eigenvalue weighted by molar-refractivity contribution is -0.137. The highest BCUT2D eigenvalue weighted by Crippen LogP contribution is 2.39. The molecule has 0 aromatic heterocycles. The Morgan fingerprint density at radius 1 is 1.38 bits per heavy atom. The highest BCUT2D eigenvalue weighted by atomic mass is 16.2. The fraction of sp³-hybridized carbons (Fsp3) is 0.923. The summed E-state index contributed by atoms with van der Waals surface area (Å²) in [7, 11) is 0. The van der Waals surface area contributed by atoms with Crippen LogP contribution in [0.5, 0.6) is 0 Å². The number of nitrogens with zero attached hydrogens (tertiary/aromatic N) is 1. The van der Waals surface area contributed by atoms with Crippen LogP contribution in [0.15, 0.2) is 0 Å². The minimum atomic E-state index is 0.338. The lowest BCUT2D eigenvalue weighted by Gasteiger charge is -2.40. The van der Waals surface area contributed by atoms with Crippen LogP contribution in [0, 0.1) is 11.8 Å². The lowest BCUT2D eigenvalue weighted by Crippen LogP contribution is -2.58. The summed E-state index contributed by atoms with van der Waals surface area (Å²) in [4.78, 5) is 14.5. The molecule has 1 amide bonds. The third kappa shape index (κ3) is 2.24. The van der Waals surface area contributed by atoms with Gasteiger partial charge in [-0.2, -0.15) is 0 Å². The molecule has 0 aromatic rings. The van der Waals surface area contributed by atoms with Crippen LogP contribution in [-0.2, 0) is 4.79 Å². The van der Waals surface area contributed by atoms with Crippen molar-refractivity contribution in [3.63, 3.8) is 0 Å². The molecule has 3 heteroatoms. The van der Waals surface area contributed by atoms with Gasteiger partial charge in [-0.15, -0.1) is 0 Å². The minimum Gasteiger partial charge on any atom is -0.337 e. The topological polar surface area (TPSA) is 32.3 Å². The molecule has 16 heavy (non-hydrogen) atoms. The zero-order chi connectivity index (χ0) is 11.7. The molecule has 0 aromatic carbocycles. The largest absolute Gasteiger partial charge is 0.337 e. The zero-order valence-corrected chi connectivity index (χ0v) is 10.7. The van der Waals surface area contributed by atoms with E-state index in [1.807, 2.05) is 0 Å². The Kier molecular flexibility index (Phi) is 3.53. The number of amides is 1. The van der Waals surface area contributed by atoms with E-state index in [1.54, 1.807) is 0 Å². The average molecular weight is 224 g/mol. The monoisotopic (exact) mass is 224 g/mol. The van der Waals surface area contributed by atoms with E-state index in [-0.39, 0.29) is 0 Å². The van der Waals surface area contributed by atoms with Gasteiger partial charge in [-0.3, -0.25) is 4.79 Å². The summed E-state index contributed by atoms with van der Waals surface area (Å²) in [6.45, 7) is 8.43. The van der Waals surface area contributed by atoms with E-state index in [9.17, 15) is 4.79 Å². The summed E-state index contributed by atoms with van der Waals surface area (Å²) in [6.07, 6.45) is 3.28. The maximum absolute atomic E-state index is 12.3. The van der Waals surface area contributed by atoms with Gasteiger partial charge >= 0.3 is 0 Å². The zero-order valence-electron chi connectivity index (χ0n) is 10.7. The summed E-state index contributed by atoms with van der Waals surface area (Å²) in [5.74, 6) is 1.38. The number of hydrogen-bond donors (Lipinski definition) is 1. The van der Waals surface area contributed by atoms with Crippen molar-refractivity contribution in [2.45, 2.75) is 52.1 Å². The standard InChI is InChI=1S/C13H24N2O/c1-4-10-8-15(11(5-2)7-14-10)13(16)12-6-9(12)3/h9-12,14H,4-8H2,1-3H3. The van der Waals surface area contributed by atoms with Gasteiger partial charge in [0, 0.05) is 31.1 Å². The first-order chi connectivity index (χ1) is 7.67. The van der Waals surface area contributed by atoms with Crippen LogP contribution in [0.4, 0.5) is 0 Å². The Bertz CT molecular complexity index is 267. The molecule has 1 saturated carbocycles. The predicted molar refractivity (Wildman–Crippen MR) is 65.1 cm³/mol. The Morgan fingerprint density at radius 3 is 2.56 bits per heavy atom. The molecule has 2 aliphatic rings. The molecule has 1 aliphatic heterocycles. The number of nitrogens with one attached hydrogen (secondary N) is 1. The number of carbonyl (C=O) groups excluding carboxylic acids is 1. The normalized spacial score (nSPS) is 38.6.